The van der Waals surface area contributed by atoms with Gasteiger partial charge in [0, 0.05) is 35.8 Å². The Morgan fingerprint density at radius 1 is 1.10 bits per heavy atom. The fourth-order valence-corrected chi connectivity index (χ4v) is 5.22. The quantitative estimate of drug-likeness (QED) is 0.229. The molecule has 12 heteroatoms. The zero-order valence-electron chi connectivity index (χ0n) is 21.7. The molecule has 0 spiro atoms. The van der Waals surface area contributed by atoms with Crippen LogP contribution in [0.5, 0.6) is 17.4 Å². The monoisotopic (exact) mass is 587 g/mol. The van der Waals surface area contributed by atoms with E-state index in [4.69, 9.17) is 21.1 Å². The number of hydrogen-bond donors (Lipinski definition) is 1. The molecule has 0 saturated heterocycles. The van der Waals surface area contributed by atoms with E-state index in [-0.39, 0.29) is 41.4 Å². The summed E-state index contributed by atoms with van der Waals surface area (Å²) in [5, 5.41) is 11.7. The van der Waals surface area contributed by atoms with Gasteiger partial charge in [0.05, 0.1) is 31.0 Å². The van der Waals surface area contributed by atoms with E-state index >= 15 is 0 Å². The summed E-state index contributed by atoms with van der Waals surface area (Å²) in [6, 6.07) is 12.8. The molecule has 40 heavy (non-hydrogen) atoms. The van der Waals surface area contributed by atoms with Crippen LogP contribution in [0.1, 0.15) is 11.1 Å². The number of pyridine rings is 1. The lowest BCUT2D eigenvalue weighted by Gasteiger charge is -2.21. The van der Waals surface area contributed by atoms with Crippen LogP contribution in [0.4, 0.5) is 14.5 Å². The first kappa shape index (κ1) is 27.5. The van der Waals surface area contributed by atoms with Crippen molar-refractivity contribution in [1.29, 1.82) is 0 Å². The number of aromatic nitrogens is 2. The number of hydrogen-bond acceptors (Lipinski definition) is 6. The average Bonchev–Trinajstić information content (AvgIpc) is 3.26. The molecule has 0 bridgehead atoms. The van der Waals surface area contributed by atoms with Crippen molar-refractivity contribution in [2.45, 2.75) is 13.2 Å². The summed E-state index contributed by atoms with van der Waals surface area (Å²) < 4.78 is 67.7. The molecule has 2 aromatic heterocycles. The Labute approximate surface area is 234 Å². The lowest BCUT2D eigenvalue weighted by molar-refractivity contribution is 0.311. The lowest BCUT2D eigenvalue weighted by atomic mass is 10.1. The first-order valence-corrected chi connectivity index (χ1v) is 14.2. The molecule has 0 aliphatic rings. The number of fused-ring (bicyclic) bond motifs is 2. The number of halogens is 3. The number of rotatable bonds is 8. The number of benzene rings is 3. The maximum absolute atomic E-state index is 14.8. The molecule has 0 fully saturated rings. The molecule has 0 aliphatic heterocycles. The fraction of sp³-hybridized carbons (Fsp3) is 0.179. The van der Waals surface area contributed by atoms with Crippen molar-refractivity contribution < 1.29 is 31.8 Å². The van der Waals surface area contributed by atoms with E-state index < -0.39 is 26.7 Å². The molecule has 5 rings (SSSR count). The van der Waals surface area contributed by atoms with Crippen LogP contribution in [0.3, 0.4) is 0 Å². The Morgan fingerprint density at radius 3 is 2.50 bits per heavy atom. The van der Waals surface area contributed by atoms with Crippen molar-refractivity contribution in [3.05, 3.63) is 88.7 Å². The summed E-state index contributed by atoms with van der Waals surface area (Å²) in [5.41, 5.74) is 1.39. The van der Waals surface area contributed by atoms with E-state index in [1.54, 1.807) is 31.4 Å². The van der Waals surface area contributed by atoms with E-state index in [0.29, 0.717) is 22.0 Å². The molecule has 0 saturated carbocycles. The number of ether oxygens (including phenoxy) is 2. The second-order valence-corrected chi connectivity index (χ2v) is 11.5. The van der Waals surface area contributed by atoms with Gasteiger partial charge in [0.25, 0.3) is 0 Å². The second kappa shape index (κ2) is 10.5. The SMILES string of the molecule is COc1ccc(COc2c3ncccc3c(N(C)S(C)(=O)=O)c3cn(Cc4ccc(F)c(Cl)c4F)c(O)c23)cc1. The Bertz CT molecular complexity index is 1860. The van der Waals surface area contributed by atoms with E-state index in [1.807, 2.05) is 12.1 Å². The highest BCUT2D eigenvalue weighted by Gasteiger charge is 2.27. The van der Waals surface area contributed by atoms with Gasteiger partial charge in [-0.25, -0.2) is 17.2 Å². The normalized spacial score (nSPS) is 11.8. The zero-order valence-corrected chi connectivity index (χ0v) is 23.2. The Morgan fingerprint density at radius 2 is 1.82 bits per heavy atom. The van der Waals surface area contributed by atoms with Crippen molar-refractivity contribution >= 4 is 49.0 Å². The number of nitrogens with zero attached hydrogens (tertiary/aromatic N) is 3. The molecule has 8 nitrogen and oxygen atoms in total. The van der Waals surface area contributed by atoms with E-state index in [2.05, 4.69) is 4.98 Å². The first-order valence-electron chi connectivity index (χ1n) is 12.0. The summed E-state index contributed by atoms with van der Waals surface area (Å²) in [5.74, 6) is -1.31. The van der Waals surface area contributed by atoms with Gasteiger partial charge < -0.3 is 19.1 Å². The minimum absolute atomic E-state index is 0.0170. The maximum atomic E-state index is 14.8. The molecule has 2 heterocycles. The van der Waals surface area contributed by atoms with Gasteiger partial charge in [-0.1, -0.05) is 29.8 Å². The summed E-state index contributed by atoms with van der Waals surface area (Å²) in [7, 11) is -0.795. The third-order valence-corrected chi connectivity index (χ3v) is 8.14. The third kappa shape index (κ3) is 4.86. The third-order valence-electron chi connectivity index (χ3n) is 6.62. The molecule has 0 amide bonds. The minimum atomic E-state index is -3.75. The molecular weight excluding hydrogens is 564 g/mol. The number of methoxy groups -OCH3 is 1. The van der Waals surface area contributed by atoms with E-state index in [0.717, 1.165) is 22.2 Å². The van der Waals surface area contributed by atoms with Crippen molar-refractivity contribution in [1.82, 2.24) is 9.55 Å². The van der Waals surface area contributed by atoms with Crippen LogP contribution < -0.4 is 13.8 Å². The topological polar surface area (TPSA) is 93.9 Å². The molecule has 0 radical (unpaired) electrons. The summed E-state index contributed by atoms with van der Waals surface area (Å²) >= 11 is 5.77. The highest BCUT2D eigenvalue weighted by molar-refractivity contribution is 7.92. The predicted octanol–water partition coefficient (Wildman–Crippen LogP) is 5.86. The van der Waals surface area contributed by atoms with Gasteiger partial charge in [0.2, 0.25) is 15.9 Å². The van der Waals surface area contributed by atoms with Crippen molar-refractivity contribution in [2.24, 2.45) is 0 Å². The van der Waals surface area contributed by atoms with Crippen LogP contribution >= 0.6 is 11.6 Å². The van der Waals surface area contributed by atoms with Crippen LogP contribution in [-0.4, -0.2) is 43.5 Å². The first-order chi connectivity index (χ1) is 19.0. The van der Waals surface area contributed by atoms with Gasteiger partial charge in [-0.2, -0.15) is 0 Å². The van der Waals surface area contributed by atoms with Crippen LogP contribution in [0.2, 0.25) is 5.02 Å². The Hall–Kier alpha value is -4.09. The van der Waals surface area contributed by atoms with Crippen molar-refractivity contribution in [3.63, 3.8) is 0 Å². The molecule has 208 valence electrons. The molecule has 0 aliphatic carbocycles. The standard InChI is InChI=1S/C28H24ClF2N3O5S/c1-33(40(3,36)37)26-19-5-4-12-32-25(19)27(39-15-16-6-9-18(38-2)10-7-16)22-20(26)14-34(28(22)35)13-17-8-11-21(30)23(29)24(17)31/h4-12,14,35H,13,15H2,1-3H3. The number of anilines is 1. The highest BCUT2D eigenvalue weighted by Crippen LogP contribution is 2.47. The summed E-state index contributed by atoms with van der Waals surface area (Å²) in [6.45, 7) is -0.130. The van der Waals surface area contributed by atoms with Gasteiger partial charge in [-0.3, -0.25) is 9.29 Å². The second-order valence-electron chi connectivity index (χ2n) is 9.15. The van der Waals surface area contributed by atoms with Gasteiger partial charge in [0.1, 0.15) is 34.5 Å². The van der Waals surface area contributed by atoms with Crippen LogP contribution in [0.25, 0.3) is 21.7 Å². The van der Waals surface area contributed by atoms with Gasteiger partial charge in [-0.05, 0) is 35.9 Å². The number of aromatic hydroxyl groups is 1. The van der Waals surface area contributed by atoms with E-state index in [1.165, 1.54) is 30.1 Å². The lowest BCUT2D eigenvalue weighted by Crippen LogP contribution is -2.25. The highest BCUT2D eigenvalue weighted by atomic mass is 35.5. The minimum Gasteiger partial charge on any atom is -0.497 e. The zero-order chi connectivity index (χ0) is 28.8. The molecule has 1 N–H and O–H groups in total. The smallest absolute Gasteiger partial charge is 0.232 e. The van der Waals surface area contributed by atoms with Crippen LogP contribution in [0, 0.1) is 11.6 Å². The Kier molecular flexibility index (Phi) is 7.19. The average molecular weight is 588 g/mol. The molecule has 5 aromatic rings. The molecule has 3 aromatic carbocycles. The van der Waals surface area contributed by atoms with Gasteiger partial charge in [-0.15, -0.1) is 0 Å². The Balaban J connectivity index is 1.74. The van der Waals surface area contributed by atoms with Gasteiger partial charge in [0.15, 0.2) is 5.75 Å². The molecular formula is C28H24ClF2N3O5S. The summed E-state index contributed by atoms with van der Waals surface area (Å²) in [6.07, 6.45) is 4.08. The van der Waals surface area contributed by atoms with Gasteiger partial charge >= 0.3 is 0 Å². The van der Waals surface area contributed by atoms with Crippen LogP contribution in [0.15, 0.2) is 60.9 Å². The predicted molar refractivity (Wildman–Crippen MR) is 150 cm³/mol. The molecule has 0 unspecified atom stereocenters. The molecule has 0 atom stereocenters. The maximum Gasteiger partial charge on any atom is 0.232 e. The number of sulfonamides is 1. The van der Waals surface area contributed by atoms with Crippen molar-refractivity contribution in [3.8, 4) is 17.4 Å². The van der Waals surface area contributed by atoms with Crippen molar-refractivity contribution in [2.75, 3.05) is 24.7 Å². The summed E-state index contributed by atoms with van der Waals surface area (Å²) in [4.78, 5) is 4.46. The largest absolute Gasteiger partial charge is 0.497 e. The van der Waals surface area contributed by atoms with E-state index in [9.17, 15) is 22.3 Å². The fourth-order valence-electron chi connectivity index (χ4n) is 4.50. The van der Waals surface area contributed by atoms with Crippen LogP contribution in [-0.2, 0) is 23.2 Å².